The van der Waals surface area contributed by atoms with Crippen LogP contribution in [0.2, 0.25) is 0 Å². The highest BCUT2D eigenvalue weighted by molar-refractivity contribution is 6.09. The largest absolute Gasteiger partial charge is 0.309 e. The molecule has 130 valence electrons. The molecule has 3 aromatic carbocycles. The van der Waals surface area contributed by atoms with Crippen molar-refractivity contribution in [2.45, 2.75) is 13.3 Å². The van der Waals surface area contributed by atoms with Crippen LogP contribution in [0.25, 0.3) is 33.1 Å². The Kier molecular flexibility index (Phi) is 3.79. The van der Waals surface area contributed by atoms with Crippen molar-refractivity contribution in [3.8, 4) is 5.69 Å². The van der Waals surface area contributed by atoms with Gasteiger partial charge in [-0.1, -0.05) is 78.4 Å². The molecule has 0 fully saturated rings. The Balaban J connectivity index is 1.64. The SMILES string of the molecule is CC1=CCC=C(c2ccc(-n3c4ccccc4c4ccccc43)cc2)C=C1. The lowest BCUT2D eigenvalue weighted by Gasteiger charge is -2.09. The van der Waals surface area contributed by atoms with Gasteiger partial charge < -0.3 is 4.57 Å². The number of para-hydroxylation sites is 2. The van der Waals surface area contributed by atoms with E-state index in [1.165, 1.54) is 44.2 Å². The van der Waals surface area contributed by atoms with Gasteiger partial charge in [-0.25, -0.2) is 0 Å². The maximum atomic E-state index is 2.36. The zero-order chi connectivity index (χ0) is 18.2. The summed E-state index contributed by atoms with van der Waals surface area (Å²) in [6.07, 6.45) is 9.95. The molecule has 0 unspecified atom stereocenters. The maximum Gasteiger partial charge on any atom is 0.0541 e. The lowest BCUT2D eigenvalue weighted by molar-refractivity contribution is 1.18. The van der Waals surface area contributed by atoms with E-state index in [-0.39, 0.29) is 0 Å². The molecule has 0 saturated carbocycles. The molecule has 1 heteroatoms. The molecule has 0 bridgehead atoms. The minimum absolute atomic E-state index is 0.989. The monoisotopic (exact) mass is 347 g/mol. The molecule has 1 heterocycles. The summed E-state index contributed by atoms with van der Waals surface area (Å²) in [6, 6.07) is 26.2. The van der Waals surface area contributed by atoms with Crippen molar-refractivity contribution in [2.75, 3.05) is 0 Å². The van der Waals surface area contributed by atoms with Crippen LogP contribution >= 0.6 is 0 Å². The molecule has 0 amide bonds. The Bertz CT molecular complexity index is 1180. The second-order valence-corrected chi connectivity index (χ2v) is 7.09. The lowest BCUT2D eigenvalue weighted by atomic mass is 10.0. The Morgan fingerprint density at radius 1 is 0.667 bits per heavy atom. The molecule has 1 aromatic heterocycles. The van der Waals surface area contributed by atoms with E-state index in [0.717, 1.165) is 6.42 Å². The molecule has 0 atom stereocenters. The van der Waals surface area contributed by atoms with Gasteiger partial charge in [-0.15, -0.1) is 0 Å². The summed E-state index contributed by atoms with van der Waals surface area (Å²) in [4.78, 5) is 0. The van der Waals surface area contributed by atoms with Crippen LogP contribution in [-0.4, -0.2) is 4.57 Å². The van der Waals surface area contributed by atoms with Crippen LogP contribution in [0.4, 0.5) is 0 Å². The van der Waals surface area contributed by atoms with Crippen LogP contribution in [0.5, 0.6) is 0 Å². The van der Waals surface area contributed by atoms with Crippen molar-refractivity contribution in [1.29, 1.82) is 0 Å². The third-order valence-corrected chi connectivity index (χ3v) is 5.34. The molecule has 1 nitrogen and oxygen atoms in total. The van der Waals surface area contributed by atoms with Gasteiger partial charge in [0.2, 0.25) is 0 Å². The number of hydrogen-bond donors (Lipinski definition) is 0. The van der Waals surface area contributed by atoms with Gasteiger partial charge in [-0.3, -0.25) is 0 Å². The fraction of sp³-hybridized carbons (Fsp3) is 0.0769. The lowest BCUT2D eigenvalue weighted by Crippen LogP contribution is -1.94. The zero-order valence-electron chi connectivity index (χ0n) is 15.4. The number of nitrogens with zero attached hydrogens (tertiary/aromatic N) is 1. The van der Waals surface area contributed by atoms with Gasteiger partial charge in [-0.2, -0.15) is 0 Å². The van der Waals surface area contributed by atoms with Crippen molar-refractivity contribution < 1.29 is 0 Å². The predicted octanol–water partition coefficient (Wildman–Crippen LogP) is 7.07. The van der Waals surface area contributed by atoms with Gasteiger partial charge in [0.15, 0.2) is 0 Å². The summed E-state index contributed by atoms with van der Waals surface area (Å²) in [5.41, 5.74) is 7.57. The van der Waals surface area contributed by atoms with Crippen LogP contribution in [0.3, 0.4) is 0 Å². The van der Waals surface area contributed by atoms with Crippen LogP contribution in [-0.2, 0) is 0 Å². The third-order valence-electron chi connectivity index (χ3n) is 5.34. The van der Waals surface area contributed by atoms with Crippen LogP contribution in [0.1, 0.15) is 18.9 Å². The first-order chi connectivity index (χ1) is 13.3. The number of allylic oxidation sites excluding steroid dienone is 6. The first kappa shape index (κ1) is 15.9. The fourth-order valence-electron chi connectivity index (χ4n) is 3.95. The molecule has 0 saturated heterocycles. The normalized spacial score (nSPS) is 14.3. The molecule has 27 heavy (non-hydrogen) atoms. The summed E-state index contributed by atoms with van der Waals surface area (Å²) in [5, 5.41) is 2.60. The van der Waals surface area contributed by atoms with Crippen molar-refractivity contribution in [3.63, 3.8) is 0 Å². The molecule has 0 radical (unpaired) electrons. The van der Waals surface area contributed by atoms with E-state index in [2.05, 4.69) is 109 Å². The molecular weight excluding hydrogens is 326 g/mol. The average Bonchev–Trinajstić information content (AvgIpc) is 2.89. The topological polar surface area (TPSA) is 4.93 Å². The van der Waals surface area contributed by atoms with Crippen molar-refractivity contribution in [2.24, 2.45) is 0 Å². The maximum absolute atomic E-state index is 2.36. The predicted molar refractivity (Wildman–Crippen MR) is 116 cm³/mol. The number of hydrogen-bond acceptors (Lipinski definition) is 0. The molecule has 1 aliphatic carbocycles. The Labute approximate surface area is 159 Å². The molecule has 1 aliphatic rings. The standard InChI is InChI=1S/C26H21N/c1-19-7-6-8-20(14-13-19)21-15-17-22(18-16-21)27-25-11-4-2-9-23(25)24-10-3-5-12-26(24)27/h2-5,7-18H,6H2,1H3. The Morgan fingerprint density at radius 2 is 1.30 bits per heavy atom. The quantitative estimate of drug-likeness (QED) is 0.365. The Morgan fingerprint density at radius 3 is 1.96 bits per heavy atom. The van der Waals surface area contributed by atoms with Crippen LogP contribution in [0, 0.1) is 0 Å². The number of benzene rings is 3. The van der Waals surface area contributed by atoms with Gasteiger partial charge in [-0.05, 0) is 48.7 Å². The zero-order valence-corrected chi connectivity index (χ0v) is 15.4. The van der Waals surface area contributed by atoms with Gasteiger partial charge in [0.25, 0.3) is 0 Å². The Hall–Kier alpha value is -3.32. The van der Waals surface area contributed by atoms with Crippen molar-refractivity contribution in [3.05, 3.63) is 108 Å². The molecule has 0 spiro atoms. The summed E-state index contributed by atoms with van der Waals surface area (Å²) in [6.45, 7) is 2.15. The van der Waals surface area contributed by atoms with E-state index in [9.17, 15) is 0 Å². The van der Waals surface area contributed by atoms with Gasteiger partial charge in [0, 0.05) is 16.5 Å². The van der Waals surface area contributed by atoms with Gasteiger partial charge in [0.1, 0.15) is 0 Å². The van der Waals surface area contributed by atoms with E-state index in [1.54, 1.807) is 0 Å². The van der Waals surface area contributed by atoms with Crippen LogP contribution < -0.4 is 0 Å². The number of aromatic nitrogens is 1. The highest BCUT2D eigenvalue weighted by atomic mass is 15.0. The molecular formula is C26H21N. The average molecular weight is 347 g/mol. The van der Waals surface area contributed by atoms with Crippen molar-refractivity contribution in [1.82, 2.24) is 4.57 Å². The second kappa shape index (κ2) is 6.44. The van der Waals surface area contributed by atoms with Crippen molar-refractivity contribution >= 4 is 27.4 Å². The van der Waals surface area contributed by atoms with Crippen LogP contribution in [0.15, 0.2) is 103 Å². The summed E-state index contributed by atoms with van der Waals surface area (Å²) < 4.78 is 2.36. The number of fused-ring (bicyclic) bond motifs is 3. The summed E-state index contributed by atoms with van der Waals surface area (Å²) in [5.74, 6) is 0. The molecule has 0 aliphatic heterocycles. The second-order valence-electron chi connectivity index (χ2n) is 7.09. The van der Waals surface area contributed by atoms with E-state index in [1.807, 2.05) is 0 Å². The molecule has 5 rings (SSSR count). The van der Waals surface area contributed by atoms with E-state index >= 15 is 0 Å². The van der Waals surface area contributed by atoms with E-state index in [0.29, 0.717) is 0 Å². The highest BCUT2D eigenvalue weighted by Crippen LogP contribution is 2.32. The highest BCUT2D eigenvalue weighted by Gasteiger charge is 2.11. The third kappa shape index (κ3) is 2.72. The van der Waals surface area contributed by atoms with Gasteiger partial charge in [0.05, 0.1) is 11.0 Å². The molecule has 0 N–H and O–H groups in total. The summed E-state index contributed by atoms with van der Waals surface area (Å²) >= 11 is 0. The fourth-order valence-corrected chi connectivity index (χ4v) is 3.95. The first-order valence-electron chi connectivity index (χ1n) is 9.45. The first-order valence-corrected chi connectivity index (χ1v) is 9.45. The van der Waals surface area contributed by atoms with Gasteiger partial charge >= 0.3 is 0 Å². The number of rotatable bonds is 2. The minimum Gasteiger partial charge on any atom is -0.309 e. The smallest absolute Gasteiger partial charge is 0.0541 e. The minimum atomic E-state index is 0.989. The van der Waals surface area contributed by atoms with E-state index in [4.69, 9.17) is 0 Å². The summed E-state index contributed by atoms with van der Waals surface area (Å²) in [7, 11) is 0. The van der Waals surface area contributed by atoms with E-state index < -0.39 is 0 Å². The molecule has 4 aromatic rings.